The van der Waals surface area contributed by atoms with Crippen molar-refractivity contribution in [1.29, 1.82) is 0 Å². The van der Waals surface area contributed by atoms with E-state index in [2.05, 4.69) is 4.98 Å². The van der Waals surface area contributed by atoms with Crippen molar-refractivity contribution in [1.82, 2.24) is 9.55 Å². The second-order valence-corrected chi connectivity index (χ2v) is 7.13. The number of fused-ring (bicyclic) bond motifs is 1. The summed E-state index contributed by atoms with van der Waals surface area (Å²) in [6.45, 7) is 0. The van der Waals surface area contributed by atoms with Crippen molar-refractivity contribution >= 4 is 23.1 Å². The Morgan fingerprint density at radius 1 is 0.727 bits per heavy atom. The van der Waals surface area contributed by atoms with Gasteiger partial charge in [0.25, 0.3) is 5.56 Å². The molecule has 0 atom stereocenters. The fourth-order valence-corrected chi connectivity index (χ4v) is 3.32. The van der Waals surface area contributed by atoms with Crippen LogP contribution in [-0.2, 0) is 12.4 Å². The van der Waals surface area contributed by atoms with Gasteiger partial charge < -0.3 is 0 Å². The molecule has 0 saturated heterocycles. The number of aromatic nitrogens is 2. The van der Waals surface area contributed by atoms with Crippen molar-refractivity contribution in [2.75, 3.05) is 0 Å². The van der Waals surface area contributed by atoms with Gasteiger partial charge in [0.15, 0.2) is 0 Å². The number of benzene rings is 3. The smallest absolute Gasteiger partial charge is 0.268 e. The van der Waals surface area contributed by atoms with Crippen LogP contribution >= 0.6 is 0 Å². The summed E-state index contributed by atoms with van der Waals surface area (Å²) in [5.41, 5.74) is -2.00. The Morgan fingerprint density at radius 2 is 1.36 bits per heavy atom. The van der Waals surface area contributed by atoms with Crippen molar-refractivity contribution in [3.63, 3.8) is 0 Å². The van der Waals surface area contributed by atoms with Gasteiger partial charge in [-0.1, -0.05) is 36.4 Å². The highest BCUT2D eigenvalue weighted by atomic mass is 19.4. The summed E-state index contributed by atoms with van der Waals surface area (Å²) >= 11 is 0. The molecular formula is C24H14F6N2O. The van der Waals surface area contributed by atoms with Gasteiger partial charge in [0, 0.05) is 0 Å². The zero-order valence-electron chi connectivity index (χ0n) is 16.7. The predicted octanol–water partition coefficient (Wildman–Crippen LogP) is 6.59. The molecule has 9 heteroatoms. The molecule has 4 aromatic rings. The van der Waals surface area contributed by atoms with Gasteiger partial charge in [-0.3, -0.25) is 9.36 Å². The molecule has 0 radical (unpaired) electrons. The molecule has 0 spiro atoms. The first-order chi connectivity index (χ1) is 15.5. The molecule has 0 aliphatic heterocycles. The van der Waals surface area contributed by atoms with Crippen molar-refractivity contribution in [3.8, 4) is 5.69 Å². The molecule has 0 bridgehead atoms. The Bertz CT molecular complexity index is 1420. The average Bonchev–Trinajstić information content (AvgIpc) is 2.77. The zero-order chi connectivity index (χ0) is 23.8. The SMILES string of the molecule is O=c1c2ccccc2nc(/C=C/c2cccc(C(F)(F)F)c2)n1-c1cccc(C(F)(F)F)c1. The first kappa shape index (κ1) is 22.3. The molecule has 0 aliphatic carbocycles. The Hall–Kier alpha value is -3.88. The van der Waals surface area contributed by atoms with E-state index >= 15 is 0 Å². The molecule has 0 aliphatic rings. The molecular weight excluding hydrogens is 446 g/mol. The predicted molar refractivity (Wildman–Crippen MR) is 113 cm³/mol. The minimum Gasteiger partial charge on any atom is -0.268 e. The van der Waals surface area contributed by atoms with E-state index in [1.54, 1.807) is 18.2 Å². The van der Waals surface area contributed by atoms with Crippen LogP contribution in [0.4, 0.5) is 26.3 Å². The molecule has 0 N–H and O–H groups in total. The lowest BCUT2D eigenvalue weighted by molar-refractivity contribution is -0.138. The number of para-hydroxylation sites is 1. The highest BCUT2D eigenvalue weighted by molar-refractivity contribution is 5.80. The van der Waals surface area contributed by atoms with E-state index in [4.69, 9.17) is 0 Å². The van der Waals surface area contributed by atoms with Crippen LogP contribution < -0.4 is 5.56 Å². The van der Waals surface area contributed by atoms with Crippen molar-refractivity contribution in [2.24, 2.45) is 0 Å². The van der Waals surface area contributed by atoms with Crippen LogP contribution in [0.25, 0.3) is 28.7 Å². The Kier molecular flexibility index (Phi) is 5.57. The normalized spacial score (nSPS) is 12.5. The van der Waals surface area contributed by atoms with Gasteiger partial charge in [0.2, 0.25) is 0 Å². The third-order valence-electron chi connectivity index (χ3n) is 4.87. The van der Waals surface area contributed by atoms with Gasteiger partial charge in [-0.05, 0) is 54.1 Å². The lowest BCUT2D eigenvalue weighted by atomic mass is 10.1. The van der Waals surface area contributed by atoms with Gasteiger partial charge in [0.1, 0.15) is 5.82 Å². The third-order valence-corrected chi connectivity index (χ3v) is 4.87. The summed E-state index contributed by atoms with van der Waals surface area (Å²) in [6, 6.07) is 15.0. The molecule has 168 valence electrons. The molecule has 4 rings (SSSR count). The molecule has 3 nitrogen and oxygen atoms in total. The van der Waals surface area contributed by atoms with E-state index in [-0.39, 0.29) is 22.5 Å². The average molecular weight is 460 g/mol. The van der Waals surface area contributed by atoms with Crippen LogP contribution in [0.1, 0.15) is 22.5 Å². The fraction of sp³-hybridized carbons (Fsp3) is 0.0833. The second kappa shape index (κ2) is 8.23. The molecule has 0 amide bonds. The first-order valence-electron chi connectivity index (χ1n) is 9.59. The van der Waals surface area contributed by atoms with Gasteiger partial charge in [-0.25, -0.2) is 4.98 Å². The summed E-state index contributed by atoms with van der Waals surface area (Å²) < 4.78 is 79.7. The summed E-state index contributed by atoms with van der Waals surface area (Å²) in [6.07, 6.45) is -6.55. The number of alkyl halides is 6. The van der Waals surface area contributed by atoms with Crippen molar-refractivity contribution < 1.29 is 26.3 Å². The van der Waals surface area contributed by atoms with Crippen molar-refractivity contribution in [3.05, 3.63) is 106 Å². The van der Waals surface area contributed by atoms with E-state index in [0.717, 1.165) is 28.8 Å². The van der Waals surface area contributed by atoms with Gasteiger partial charge in [0.05, 0.1) is 27.7 Å². The molecule has 1 heterocycles. The highest BCUT2D eigenvalue weighted by Gasteiger charge is 2.31. The summed E-state index contributed by atoms with van der Waals surface area (Å²) in [5.74, 6) is -0.0320. The largest absolute Gasteiger partial charge is 0.416 e. The topological polar surface area (TPSA) is 34.9 Å². The number of hydrogen-bond acceptors (Lipinski definition) is 2. The second-order valence-electron chi connectivity index (χ2n) is 7.13. The first-order valence-corrected chi connectivity index (χ1v) is 9.59. The summed E-state index contributed by atoms with van der Waals surface area (Å²) in [4.78, 5) is 17.5. The number of halogens is 6. The van der Waals surface area contributed by atoms with E-state index in [1.807, 2.05) is 0 Å². The number of nitrogens with zero attached hydrogens (tertiary/aromatic N) is 2. The van der Waals surface area contributed by atoms with Gasteiger partial charge in [-0.15, -0.1) is 0 Å². The maximum absolute atomic E-state index is 13.2. The zero-order valence-corrected chi connectivity index (χ0v) is 16.7. The van der Waals surface area contributed by atoms with Gasteiger partial charge in [-0.2, -0.15) is 26.3 Å². The fourth-order valence-electron chi connectivity index (χ4n) is 3.32. The standard InChI is InChI=1S/C24H14F6N2O/c25-23(26,27)16-6-3-5-15(13-16)11-12-21-31-20-10-2-1-9-19(20)22(33)32(21)18-8-4-7-17(14-18)24(28,29)30/h1-14H/b12-11+. The van der Waals surface area contributed by atoms with E-state index < -0.39 is 29.0 Å². The minimum atomic E-state index is -4.63. The van der Waals surface area contributed by atoms with E-state index in [1.165, 1.54) is 42.5 Å². The number of hydrogen-bond donors (Lipinski definition) is 0. The summed E-state index contributed by atoms with van der Waals surface area (Å²) in [7, 11) is 0. The van der Waals surface area contributed by atoms with Crippen LogP contribution in [0.3, 0.4) is 0 Å². The lowest BCUT2D eigenvalue weighted by Gasteiger charge is -2.14. The van der Waals surface area contributed by atoms with Crippen LogP contribution in [0.15, 0.2) is 77.6 Å². The Morgan fingerprint density at radius 3 is 2.06 bits per heavy atom. The maximum atomic E-state index is 13.2. The monoisotopic (exact) mass is 460 g/mol. The van der Waals surface area contributed by atoms with E-state index in [0.29, 0.717) is 5.52 Å². The van der Waals surface area contributed by atoms with E-state index in [9.17, 15) is 31.1 Å². The summed E-state index contributed by atoms with van der Waals surface area (Å²) in [5, 5.41) is 0.186. The van der Waals surface area contributed by atoms with Gasteiger partial charge >= 0.3 is 12.4 Å². The molecule has 0 fully saturated rings. The molecule has 0 unspecified atom stereocenters. The molecule has 1 aromatic heterocycles. The molecule has 33 heavy (non-hydrogen) atoms. The van der Waals surface area contributed by atoms with Crippen LogP contribution in [-0.4, -0.2) is 9.55 Å². The minimum absolute atomic E-state index is 0.0320. The quantitative estimate of drug-likeness (QED) is 0.323. The third kappa shape index (κ3) is 4.67. The van der Waals surface area contributed by atoms with Crippen LogP contribution in [0, 0.1) is 0 Å². The Balaban J connectivity index is 1.90. The lowest BCUT2D eigenvalue weighted by Crippen LogP contribution is -2.22. The molecule has 0 saturated carbocycles. The van der Waals surface area contributed by atoms with Crippen molar-refractivity contribution in [2.45, 2.75) is 12.4 Å². The highest BCUT2D eigenvalue weighted by Crippen LogP contribution is 2.31. The number of rotatable bonds is 3. The van der Waals surface area contributed by atoms with Crippen LogP contribution in [0.2, 0.25) is 0 Å². The Labute approximate surface area is 183 Å². The van der Waals surface area contributed by atoms with Crippen LogP contribution in [0.5, 0.6) is 0 Å². The molecule has 3 aromatic carbocycles. The maximum Gasteiger partial charge on any atom is 0.416 e.